The molecule has 0 aromatic rings. The lowest BCUT2D eigenvalue weighted by Gasteiger charge is -1.84. The molecule has 36 valence electrons. The third-order valence-corrected chi connectivity index (χ3v) is 1.48. The molecule has 1 nitrogen and oxygen atoms in total. The summed E-state index contributed by atoms with van der Waals surface area (Å²) in [7, 11) is 2.02. The highest BCUT2D eigenvalue weighted by Gasteiger charge is 2.29. The predicted octanol–water partition coefficient (Wildman–Crippen LogP) is 0.614. The highest BCUT2D eigenvalue weighted by Crippen LogP contribution is 2.27. The Hall–Kier alpha value is -0.0400. The average Bonchev–Trinajstić information content (AvgIpc) is 2.19. The Kier molecular flexibility index (Phi) is 0.845. The molecule has 0 aromatic carbocycles. The van der Waals surface area contributed by atoms with Crippen LogP contribution in [0, 0.1) is 5.92 Å². The van der Waals surface area contributed by atoms with E-state index >= 15 is 0 Å². The fraction of sp³-hybridized carbons (Fsp3) is 1.00. The molecule has 1 saturated carbocycles. The molecule has 0 spiro atoms. The molecule has 0 radical (unpaired) electrons. The van der Waals surface area contributed by atoms with Crippen molar-refractivity contribution in [2.24, 2.45) is 5.92 Å². The molecule has 0 aliphatic heterocycles. The van der Waals surface area contributed by atoms with Gasteiger partial charge in [-0.1, -0.05) is 6.92 Å². The second-order valence-corrected chi connectivity index (χ2v) is 2.11. The molecule has 1 heteroatoms. The molecule has 1 unspecified atom stereocenters. The smallest absolute Gasteiger partial charge is 0.00933 e. The lowest BCUT2D eigenvalue weighted by atomic mass is 10.5. The summed E-state index contributed by atoms with van der Waals surface area (Å²) in [5.41, 5.74) is 0. The van der Waals surface area contributed by atoms with Gasteiger partial charge in [0.2, 0.25) is 0 Å². The van der Waals surface area contributed by atoms with Gasteiger partial charge in [-0.05, 0) is 19.4 Å². The fourth-order valence-electron chi connectivity index (χ4n) is 0.724. The molecule has 1 N–H and O–H groups in total. The van der Waals surface area contributed by atoms with Crippen LogP contribution in [-0.2, 0) is 0 Å². The van der Waals surface area contributed by atoms with Gasteiger partial charge >= 0.3 is 0 Å². The second-order valence-electron chi connectivity index (χ2n) is 2.11. The van der Waals surface area contributed by atoms with Gasteiger partial charge in [-0.15, -0.1) is 0 Å². The first-order chi connectivity index (χ1) is 2.84. The van der Waals surface area contributed by atoms with Crippen LogP contribution >= 0.6 is 0 Å². The summed E-state index contributed by atoms with van der Waals surface area (Å²) in [6.45, 7) is 2.27. The fourth-order valence-corrected chi connectivity index (χ4v) is 0.724. The Morgan fingerprint density at radius 3 is 2.17 bits per heavy atom. The Morgan fingerprint density at radius 2 is 2.17 bits per heavy atom. The topological polar surface area (TPSA) is 12.0 Å². The first-order valence-electron chi connectivity index (χ1n) is 2.52. The van der Waals surface area contributed by atoms with E-state index in [1.54, 1.807) is 0 Å². The van der Waals surface area contributed by atoms with Crippen LogP contribution in [0.1, 0.15) is 13.3 Å². The van der Waals surface area contributed by atoms with Crippen LogP contribution in [0.3, 0.4) is 0 Å². The maximum atomic E-state index is 3.19. The lowest BCUT2D eigenvalue weighted by molar-refractivity contribution is 0.747. The first-order valence-corrected chi connectivity index (χ1v) is 2.52. The van der Waals surface area contributed by atoms with Crippen molar-refractivity contribution < 1.29 is 0 Å². The molecule has 1 rings (SSSR count). The highest BCUT2D eigenvalue weighted by atomic mass is 14.9. The lowest BCUT2D eigenvalue weighted by Crippen LogP contribution is -2.09. The molecular formula is C5H11N. The normalized spacial score (nSPS) is 43.0. The van der Waals surface area contributed by atoms with E-state index in [-0.39, 0.29) is 0 Å². The van der Waals surface area contributed by atoms with Gasteiger partial charge in [0.15, 0.2) is 0 Å². The monoisotopic (exact) mass is 85.1 g/mol. The summed E-state index contributed by atoms with van der Waals surface area (Å²) >= 11 is 0. The number of hydrogen-bond acceptors (Lipinski definition) is 1. The van der Waals surface area contributed by atoms with Crippen LogP contribution in [0.15, 0.2) is 0 Å². The van der Waals surface area contributed by atoms with E-state index in [1.165, 1.54) is 6.42 Å². The molecule has 1 aliphatic rings. The van der Waals surface area contributed by atoms with E-state index < -0.39 is 0 Å². The second kappa shape index (κ2) is 1.23. The summed E-state index contributed by atoms with van der Waals surface area (Å²) in [4.78, 5) is 0. The standard InChI is InChI=1S/C5H11N/c1-4-3-5(4)6-2/h4-6H,3H2,1-2H3/t4?,5-/m1/s1. The molecule has 6 heavy (non-hydrogen) atoms. The minimum absolute atomic E-state index is 0.852. The highest BCUT2D eigenvalue weighted by molar-refractivity contribution is 4.87. The molecule has 1 fully saturated rings. The van der Waals surface area contributed by atoms with Crippen LogP contribution < -0.4 is 5.32 Å². The molecule has 0 saturated heterocycles. The third kappa shape index (κ3) is 0.548. The van der Waals surface area contributed by atoms with E-state index in [0.29, 0.717) is 0 Å². The zero-order valence-electron chi connectivity index (χ0n) is 4.36. The van der Waals surface area contributed by atoms with E-state index in [0.717, 1.165) is 12.0 Å². The van der Waals surface area contributed by atoms with E-state index in [2.05, 4.69) is 12.2 Å². The van der Waals surface area contributed by atoms with Gasteiger partial charge in [0.1, 0.15) is 0 Å². The van der Waals surface area contributed by atoms with Gasteiger partial charge in [-0.3, -0.25) is 0 Å². The maximum absolute atomic E-state index is 3.19. The predicted molar refractivity (Wildman–Crippen MR) is 26.6 cm³/mol. The van der Waals surface area contributed by atoms with Crippen molar-refractivity contribution in [1.29, 1.82) is 0 Å². The number of nitrogens with one attached hydrogen (secondary N) is 1. The van der Waals surface area contributed by atoms with Gasteiger partial charge < -0.3 is 5.32 Å². The summed E-state index contributed by atoms with van der Waals surface area (Å²) in [5.74, 6) is 0.954. The number of rotatable bonds is 1. The van der Waals surface area contributed by atoms with Crippen LogP contribution in [0.5, 0.6) is 0 Å². The van der Waals surface area contributed by atoms with Crippen molar-refractivity contribution in [3.63, 3.8) is 0 Å². The van der Waals surface area contributed by atoms with Crippen LogP contribution in [-0.4, -0.2) is 13.1 Å². The first kappa shape index (κ1) is 4.13. The van der Waals surface area contributed by atoms with Gasteiger partial charge in [0.25, 0.3) is 0 Å². The molecule has 0 heterocycles. The molecule has 0 bridgehead atoms. The van der Waals surface area contributed by atoms with E-state index in [9.17, 15) is 0 Å². The minimum Gasteiger partial charge on any atom is -0.317 e. The zero-order valence-corrected chi connectivity index (χ0v) is 4.36. The molecular weight excluding hydrogens is 74.1 g/mol. The van der Waals surface area contributed by atoms with Crippen molar-refractivity contribution in [2.75, 3.05) is 7.05 Å². The van der Waals surface area contributed by atoms with Crippen molar-refractivity contribution in [1.82, 2.24) is 5.32 Å². The average molecular weight is 85.1 g/mol. The van der Waals surface area contributed by atoms with Crippen LogP contribution in [0.4, 0.5) is 0 Å². The number of hydrogen-bond donors (Lipinski definition) is 1. The Balaban J connectivity index is 2.09. The van der Waals surface area contributed by atoms with Crippen molar-refractivity contribution in [3.8, 4) is 0 Å². The minimum atomic E-state index is 0.852. The summed E-state index contributed by atoms with van der Waals surface area (Å²) < 4.78 is 0. The van der Waals surface area contributed by atoms with Crippen LogP contribution in [0.25, 0.3) is 0 Å². The largest absolute Gasteiger partial charge is 0.317 e. The zero-order chi connectivity index (χ0) is 4.57. The van der Waals surface area contributed by atoms with Gasteiger partial charge in [0.05, 0.1) is 0 Å². The van der Waals surface area contributed by atoms with Gasteiger partial charge in [-0.25, -0.2) is 0 Å². The van der Waals surface area contributed by atoms with Crippen molar-refractivity contribution in [3.05, 3.63) is 0 Å². The van der Waals surface area contributed by atoms with Gasteiger partial charge in [0, 0.05) is 6.04 Å². The van der Waals surface area contributed by atoms with Crippen LogP contribution in [0.2, 0.25) is 0 Å². The quantitative estimate of drug-likeness (QED) is 0.492. The summed E-state index contributed by atoms with van der Waals surface area (Å²) in [6, 6.07) is 0.852. The van der Waals surface area contributed by atoms with E-state index in [1.807, 2.05) is 7.05 Å². The third-order valence-electron chi connectivity index (χ3n) is 1.48. The maximum Gasteiger partial charge on any atom is 0.00933 e. The molecule has 0 amide bonds. The SMILES string of the molecule is CN[C@@H]1CC1C. The molecule has 2 atom stereocenters. The summed E-state index contributed by atoms with van der Waals surface area (Å²) in [5, 5.41) is 3.19. The van der Waals surface area contributed by atoms with E-state index in [4.69, 9.17) is 0 Å². The van der Waals surface area contributed by atoms with Gasteiger partial charge in [-0.2, -0.15) is 0 Å². The van der Waals surface area contributed by atoms with Crippen molar-refractivity contribution >= 4 is 0 Å². The Labute approximate surface area is 38.7 Å². The molecule has 0 aromatic heterocycles. The Bertz CT molecular complexity index is 49.9. The Morgan fingerprint density at radius 1 is 1.67 bits per heavy atom. The van der Waals surface area contributed by atoms with Crippen molar-refractivity contribution in [2.45, 2.75) is 19.4 Å². The summed E-state index contributed by atoms with van der Waals surface area (Å²) in [6.07, 6.45) is 1.39. The molecule has 1 aliphatic carbocycles.